The highest BCUT2D eigenvalue weighted by atomic mass is 16.5. The van der Waals surface area contributed by atoms with Crippen molar-refractivity contribution in [3.63, 3.8) is 0 Å². The van der Waals surface area contributed by atoms with Crippen molar-refractivity contribution in [3.8, 4) is 0 Å². The van der Waals surface area contributed by atoms with Gasteiger partial charge < -0.3 is 20.1 Å². The van der Waals surface area contributed by atoms with E-state index in [9.17, 15) is 9.59 Å². The van der Waals surface area contributed by atoms with E-state index in [1.54, 1.807) is 18.5 Å². The molecule has 0 saturated heterocycles. The fourth-order valence-corrected chi connectivity index (χ4v) is 1.83. The Morgan fingerprint density at radius 1 is 1.19 bits per heavy atom. The minimum absolute atomic E-state index is 0.100. The van der Waals surface area contributed by atoms with Crippen molar-refractivity contribution in [2.45, 2.75) is 19.1 Å². The quantitative estimate of drug-likeness (QED) is 0.757. The Hall–Kier alpha value is -2.76. The number of aromatic nitrogens is 1. The highest BCUT2D eigenvalue weighted by Gasteiger charge is 2.21. The number of nitrogens with one attached hydrogen (secondary N) is 2. The van der Waals surface area contributed by atoms with Gasteiger partial charge in [0.2, 0.25) is 0 Å². The molecule has 1 heterocycles. The summed E-state index contributed by atoms with van der Waals surface area (Å²) in [5.74, 6) is -1.10. The third-order valence-electron chi connectivity index (χ3n) is 2.91. The number of hydrogen-bond donors (Lipinski definition) is 3. The van der Waals surface area contributed by atoms with Crippen LogP contribution in [-0.4, -0.2) is 28.2 Å². The zero-order valence-electron chi connectivity index (χ0n) is 11.3. The number of alkyl carbamates (subject to hydrolysis) is 1. The molecule has 0 spiro atoms. The van der Waals surface area contributed by atoms with Gasteiger partial charge in [0.15, 0.2) is 0 Å². The molecule has 1 aromatic heterocycles. The Labute approximate surface area is 121 Å². The fraction of sp³-hybridized carbons (Fsp3) is 0.200. The summed E-state index contributed by atoms with van der Waals surface area (Å²) >= 11 is 0. The van der Waals surface area contributed by atoms with Crippen LogP contribution in [0.4, 0.5) is 4.79 Å². The summed E-state index contributed by atoms with van der Waals surface area (Å²) in [6, 6.07) is 9.91. The molecule has 0 aliphatic carbocycles. The van der Waals surface area contributed by atoms with Gasteiger partial charge in [0.1, 0.15) is 12.6 Å². The molecule has 0 aliphatic rings. The molecule has 6 heteroatoms. The Morgan fingerprint density at radius 3 is 2.57 bits per heavy atom. The number of carboxylic acids is 1. The lowest BCUT2D eigenvalue weighted by Crippen LogP contribution is -2.42. The molecule has 1 aromatic carbocycles. The molecule has 3 N–H and O–H groups in total. The lowest BCUT2D eigenvalue weighted by molar-refractivity contribution is -0.139. The summed E-state index contributed by atoms with van der Waals surface area (Å²) in [4.78, 5) is 25.6. The van der Waals surface area contributed by atoms with E-state index in [2.05, 4.69) is 10.3 Å². The highest BCUT2D eigenvalue weighted by molar-refractivity contribution is 5.80. The molecular weight excluding hydrogens is 272 g/mol. The number of amides is 1. The van der Waals surface area contributed by atoms with Crippen molar-refractivity contribution in [2.24, 2.45) is 0 Å². The van der Waals surface area contributed by atoms with Crippen LogP contribution in [-0.2, 0) is 22.6 Å². The Balaban J connectivity index is 1.85. The summed E-state index contributed by atoms with van der Waals surface area (Å²) in [5.41, 5.74) is 1.64. The zero-order valence-corrected chi connectivity index (χ0v) is 11.3. The van der Waals surface area contributed by atoms with Crippen LogP contribution in [0.5, 0.6) is 0 Å². The lowest BCUT2D eigenvalue weighted by atomic mass is 10.1. The van der Waals surface area contributed by atoms with Crippen LogP contribution >= 0.6 is 0 Å². The summed E-state index contributed by atoms with van der Waals surface area (Å²) < 4.78 is 5.01. The third-order valence-corrected chi connectivity index (χ3v) is 2.91. The number of carbonyl (C=O) groups is 2. The Morgan fingerprint density at radius 2 is 1.95 bits per heavy atom. The number of H-pyrrole nitrogens is 1. The summed E-state index contributed by atoms with van der Waals surface area (Å²) in [7, 11) is 0. The van der Waals surface area contributed by atoms with Crippen LogP contribution in [0.1, 0.15) is 11.1 Å². The van der Waals surface area contributed by atoms with Crippen molar-refractivity contribution < 1.29 is 19.4 Å². The van der Waals surface area contributed by atoms with Crippen LogP contribution in [0, 0.1) is 0 Å². The predicted molar refractivity (Wildman–Crippen MR) is 75.7 cm³/mol. The van der Waals surface area contributed by atoms with E-state index < -0.39 is 18.1 Å². The van der Waals surface area contributed by atoms with Gasteiger partial charge in [0, 0.05) is 18.8 Å². The first-order valence-corrected chi connectivity index (χ1v) is 6.47. The van der Waals surface area contributed by atoms with Gasteiger partial charge in [-0.3, -0.25) is 0 Å². The van der Waals surface area contributed by atoms with Gasteiger partial charge in [-0.05, 0) is 17.2 Å². The second-order valence-corrected chi connectivity index (χ2v) is 4.52. The van der Waals surface area contributed by atoms with Gasteiger partial charge in [-0.25, -0.2) is 9.59 Å². The van der Waals surface area contributed by atoms with E-state index in [4.69, 9.17) is 9.84 Å². The number of aromatic amines is 1. The minimum atomic E-state index is -1.10. The first kappa shape index (κ1) is 14.6. The largest absolute Gasteiger partial charge is 0.480 e. The first-order chi connectivity index (χ1) is 10.1. The topological polar surface area (TPSA) is 91.4 Å². The smallest absolute Gasteiger partial charge is 0.408 e. The first-order valence-electron chi connectivity index (χ1n) is 6.47. The molecule has 21 heavy (non-hydrogen) atoms. The molecule has 6 nitrogen and oxygen atoms in total. The molecule has 2 aromatic rings. The molecule has 0 aliphatic heterocycles. The molecular formula is C15H16N2O4. The summed E-state index contributed by atoms with van der Waals surface area (Å²) in [5, 5.41) is 11.5. The fourth-order valence-electron chi connectivity index (χ4n) is 1.83. The maximum absolute atomic E-state index is 11.7. The number of hydrogen-bond acceptors (Lipinski definition) is 3. The molecule has 110 valence electrons. The highest BCUT2D eigenvalue weighted by Crippen LogP contribution is 2.04. The predicted octanol–water partition coefficient (Wildman–Crippen LogP) is 1.94. The molecule has 1 unspecified atom stereocenters. The van der Waals surface area contributed by atoms with Gasteiger partial charge in [0.25, 0.3) is 0 Å². The summed E-state index contributed by atoms with van der Waals surface area (Å²) in [6.07, 6.45) is 2.83. The van der Waals surface area contributed by atoms with E-state index in [-0.39, 0.29) is 13.0 Å². The molecule has 0 radical (unpaired) electrons. The van der Waals surface area contributed by atoms with Crippen LogP contribution < -0.4 is 5.32 Å². The molecule has 1 atom stereocenters. The van der Waals surface area contributed by atoms with E-state index in [0.29, 0.717) is 0 Å². The van der Waals surface area contributed by atoms with Gasteiger partial charge >= 0.3 is 12.1 Å². The number of rotatable bonds is 6. The van der Waals surface area contributed by atoms with Crippen LogP contribution in [0.2, 0.25) is 0 Å². The second kappa shape index (κ2) is 7.14. The normalized spacial score (nSPS) is 11.6. The van der Waals surface area contributed by atoms with Crippen molar-refractivity contribution >= 4 is 12.1 Å². The van der Waals surface area contributed by atoms with Crippen LogP contribution in [0.3, 0.4) is 0 Å². The number of carbonyl (C=O) groups excluding carboxylic acids is 1. The van der Waals surface area contributed by atoms with Gasteiger partial charge in [-0.15, -0.1) is 0 Å². The number of carboxylic acid groups (broad SMARTS) is 1. The van der Waals surface area contributed by atoms with E-state index in [1.165, 1.54) is 0 Å². The number of ether oxygens (including phenoxy) is 1. The zero-order chi connectivity index (χ0) is 15.1. The molecule has 0 saturated carbocycles. The lowest BCUT2D eigenvalue weighted by Gasteiger charge is -2.14. The van der Waals surface area contributed by atoms with Gasteiger partial charge in [-0.1, -0.05) is 30.3 Å². The number of aliphatic carboxylic acids is 1. The van der Waals surface area contributed by atoms with Gasteiger partial charge in [0.05, 0.1) is 0 Å². The number of benzene rings is 1. The van der Waals surface area contributed by atoms with Crippen LogP contribution in [0.15, 0.2) is 48.8 Å². The molecule has 1 amide bonds. The monoisotopic (exact) mass is 288 g/mol. The molecule has 2 rings (SSSR count). The van der Waals surface area contributed by atoms with E-state index >= 15 is 0 Å². The summed E-state index contributed by atoms with van der Waals surface area (Å²) in [6.45, 7) is 0.100. The van der Waals surface area contributed by atoms with Crippen molar-refractivity contribution in [1.82, 2.24) is 10.3 Å². The third kappa shape index (κ3) is 4.68. The molecule has 0 bridgehead atoms. The van der Waals surface area contributed by atoms with Crippen LogP contribution in [0.25, 0.3) is 0 Å². The van der Waals surface area contributed by atoms with E-state index in [1.807, 2.05) is 30.3 Å². The maximum Gasteiger partial charge on any atom is 0.408 e. The standard InChI is InChI=1S/C15H16N2O4/c18-14(19)13(8-12-6-7-16-9-12)17-15(20)21-10-11-4-2-1-3-5-11/h1-7,9,13,16H,8,10H2,(H,17,20)(H,18,19). The Bertz CT molecular complexity index is 581. The van der Waals surface area contributed by atoms with Gasteiger partial charge in [-0.2, -0.15) is 0 Å². The maximum atomic E-state index is 11.7. The average molecular weight is 288 g/mol. The second-order valence-electron chi connectivity index (χ2n) is 4.52. The minimum Gasteiger partial charge on any atom is -0.480 e. The van der Waals surface area contributed by atoms with Crippen molar-refractivity contribution in [2.75, 3.05) is 0 Å². The van der Waals surface area contributed by atoms with E-state index in [0.717, 1.165) is 11.1 Å². The van der Waals surface area contributed by atoms with Crippen molar-refractivity contribution in [3.05, 3.63) is 59.9 Å². The van der Waals surface area contributed by atoms with Crippen molar-refractivity contribution in [1.29, 1.82) is 0 Å². The SMILES string of the molecule is O=C(NC(Cc1cc[nH]c1)C(=O)O)OCc1ccccc1. The molecule has 0 fully saturated rings. The Kier molecular flexibility index (Phi) is 4.98. The average Bonchev–Trinajstić information content (AvgIpc) is 2.98.